The molecule has 3 aromatic rings. The monoisotopic (exact) mass is 302 g/mol. The Morgan fingerprint density at radius 2 is 1.43 bits per heavy atom. The van der Waals surface area contributed by atoms with Crippen molar-refractivity contribution in [2.45, 2.75) is 13.8 Å². The molecule has 0 radical (unpaired) electrons. The molecule has 0 aliphatic heterocycles. The van der Waals surface area contributed by atoms with Gasteiger partial charge in [-0.3, -0.25) is 0 Å². The zero-order valence-electron chi connectivity index (χ0n) is 13.2. The highest BCUT2D eigenvalue weighted by Crippen LogP contribution is 2.33. The van der Waals surface area contributed by atoms with Crippen LogP contribution in [0.5, 0.6) is 5.75 Å². The van der Waals surface area contributed by atoms with Crippen molar-refractivity contribution in [1.82, 2.24) is 0 Å². The van der Waals surface area contributed by atoms with Crippen LogP contribution in [0.1, 0.15) is 11.1 Å². The zero-order chi connectivity index (χ0) is 16.2. The molecule has 3 heteroatoms. The fourth-order valence-electron chi connectivity index (χ4n) is 2.44. The number of aromatic hydroxyl groups is 1. The molecule has 0 bridgehead atoms. The number of nitrogens with zero attached hydrogens (tertiary/aromatic N) is 2. The van der Waals surface area contributed by atoms with Crippen LogP contribution in [-0.2, 0) is 0 Å². The van der Waals surface area contributed by atoms with E-state index in [1.165, 1.54) is 5.56 Å². The van der Waals surface area contributed by atoms with E-state index in [0.717, 1.165) is 22.4 Å². The first kappa shape index (κ1) is 15.0. The number of rotatable bonds is 3. The minimum Gasteiger partial charge on any atom is -0.506 e. The summed E-state index contributed by atoms with van der Waals surface area (Å²) in [5.41, 5.74) is 5.60. The second-order valence-corrected chi connectivity index (χ2v) is 5.56. The molecule has 23 heavy (non-hydrogen) atoms. The van der Waals surface area contributed by atoms with E-state index in [4.69, 9.17) is 0 Å². The smallest absolute Gasteiger partial charge is 0.143 e. The summed E-state index contributed by atoms with van der Waals surface area (Å²) < 4.78 is 0. The van der Waals surface area contributed by atoms with Gasteiger partial charge in [0.25, 0.3) is 0 Å². The van der Waals surface area contributed by atoms with Crippen LogP contribution >= 0.6 is 0 Å². The van der Waals surface area contributed by atoms with Crippen molar-refractivity contribution in [2.24, 2.45) is 10.2 Å². The zero-order valence-corrected chi connectivity index (χ0v) is 13.2. The molecule has 0 amide bonds. The van der Waals surface area contributed by atoms with Crippen LogP contribution < -0.4 is 0 Å². The number of hydrogen-bond donors (Lipinski definition) is 1. The molecule has 3 rings (SSSR count). The normalized spacial score (nSPS) is 11.0. The van der Waals surface area contributed by atoms with Crippen LogP contribution in [0.3, 0.4) is 0 Å². The Morgan fingerprint density at radius 1 is 0.696 bits per heavy atom. The number of hydrogen-bond acceptors (Lipinski definition) is 3. The molecule has 0 aliphatic carbocycles. The standard InChI is InChI=1S/C20H18N2O/c1-14-8-10-18(15(2)12-14)21-22-19-13-17(9-11-20(19)23)16-6-4-3-5-7-16/h3-13,23H,1-2H3. The number of azo groups is 1. The van der Waals surface area contributed by atoms with Crippen LogP contribution in [0, 0.1) is 13.8 Å². The second-order valence-electron chi connectivity index (χ2n) is 5.56. The predicted octanol–water partition coefficient (Wildman–Crippen LogP) is 6.09. The lowest BCUT2D eigenvalue weighted by Gasteiger charge is -2.05. The molecule has 0 fully saturated rings. The van der Waals surface area contributed by atoms with E-state index in [1.807, 2.05) is 68.4 Å². The summed E-state index contributed by atoms with van der Waals surface area (Å²) in [7, 11) is 0. The number of phenols is 1. The first-order valence-corrected chi connectivity index (χ1v) is 7.51. The molecule has 0 aliphatic rings. The SMILES string of the molecule is Cc1ccc(N=Nc2cc(-c3ccccc3)ccc2O)c(C)c1. The van der Waals surface area contributed by atoms with Crippen molar-refractivity contribution in [3.05, 3.63) is 77.9 Å². The van der Waals surface area contributed by atoms with E-state index in [0.29, 0.717) is 5.69 Å². The molecule has 0 unspecified atom stereocenters. The second kappa shape index (κ2) is 6.44. The molecule has 0 atom stereocenters. The Labute approximate surface area is 136 Å². The summed E-state index contributed by atoms with van der Waals surface area (Å²) in [4.78, 5) is 0. The van der Waals surface area contributed by atoms with E-state index >= 15 is 0 Å². The number of benzene rings is 3. The van der Waals surface area contributed by atoms with E-state index in [9.17, 15) is 5.11 Å². The summed E-state index contributed by atoms with van der Waals surface area (Å²) in [6.45, 7) is 4.05. The van der Waals surface area contributed by atoms with Gasteiger partial charge >= 0.3 is 0 Å². The number of aryl methyl sites for hydroxylation is 2. The highest BCUT2D eigenvalue weighted by atomic mass is 16.3. The van der Waals surface area contributed by atoms with Crippen LogP contribution in [-0.4, -0.2) is 5.11 Å². The van der Waals surface area contributed by atoms with E-state index in [2.05, 4.69) is 16.3 Å². The minimum absolute atomic E-state index is 0.123. The van der Waals surface area contributed by atoms with Gasteiger partial charge in [0.15, 0.2) is 0 Å². The van der Waals surface area contributed by atoms with Crippen molar-refractivity contribution in [3.63, 3.8) is 0 Å². The highest BCUT2D eigenvalue weighted by molar-refractivity contribution is 5.70. The lowest BCUT2D eigenvalue weighted by atomic mass is 10.1. The maximum absolute atomic E-state index is 10.0. The molecule has 0 saturated heterocycles. The van der Waals surface area contributed by atoms with Gasteiger partial charge in [0, 0.05) is 0 Å². The Balaban J connectivity index is 1.95. The van der Waals surface area contributed by atoms with Crippen LogP contribution in [0.15, 0.2) is 77.0 Å². The molecule has 3 nitrogen and oxygen atoms in total. The van der Waals surface area contributed by atoms with Gasteiger partial charge in [0.05, 0.1) is 5.69 Å². The summed E-state index contributed by atoms with van der Waals surface area (Å²) >= 11 is 0. The summed E-state index contributed by atoms with van der Waals surface area (Å²) in [5, 5.41) is 18.5. The van der Waals surface area contributed by atoms with E-state index < -0.39 is 0 Å². The van der Waals surface area contributed by atoms with Crippen molar-refractivity contribution in [1.29, 1.82) is 0 Å². The average molecular weight is 302 g/mol. The van der Waals surface area contributed by atoms with Gasteiger partial charge in [-0.25, -0.2) is 0 Å². The van der Waals surface area contributed by atoms with Crippen LogP contribution in [0.25, 0.3) is 11.1 Å². The molecule has 1 N–H and O–H groups in total. The van der Waals surface area contributed by atoms with Crippen molar-refractivity contribution in [3.8, 4) is 16.9 Å². The molecular weight excluding hydrogens is 284 g/mol. The minimum atomic E-state index is 0.123. The summed E-state index contributed by atoms with van der Waals surface area (Å²) in [6.07, 6.45) is 0. The molecular formula is C20H18N2O. The Hall–Kier alpha value is -2.94. The first-order valence-electron chi connectivity index (χ1n) is 7.51. The van der Waals surface area contributed by atoms with Gasteiger partial charge in [-0.15, -0.1) is 5.11 Å². The molecule has 0 spiro atoms. The average Bonchev–Trinajstić information content (AvgIpc) is 2.56. The highest BCUT2D eigenvalue weighted by Gasteiger charge is 2.04. The maximum atomic E-state index is 10.0. The van der Waals surface area contributed by atoms with E-state index in [1.54, 1.807) is 6.07 Å². The Bertz CT molecular complexity index is 855. The van der Waals surface area contributed by atoms with Gasteiger partial charge in [-0.05, 0) is 48.7 Å². The molecule has 0 saturated carbocycles. The van der Waals surface area contributed by atoms with Crippen molar-refractivity contribution in [2.75, 3.05) is 0 Å². The lowest BCUT2D eigenvalue weighted by molar-refractivity contribution is 0.476. The molecule has 114 valence electrons. The summed E-state index contributed by atoms with van der Waals surface area (Å²) in [5.74, 6) is 0.123. The third-order valence-electron chi connectivity index (χ3n) is 3.70. The van der Waals surface area contributed by atoms with Gasteiger partial charge in [-0.1, -0.05) is 54.1 Å². The third kappa shape index (κ3) is 3.46. The topological polar surface area (TPSA) is 45.0 Å². The van der Waals surface area contributed by atoms with Gasteiger partial charge in [-0.2, -0.15) is 5.11 Å². The fourth-order valence-corrected chi connectivity index (χ4v) is 2.44. The van der Waals surface area contributed by atoms with E-state index in [-0.39, 0.29) is 5.75 Å². The predicted molar refractivity (Wildman–Crippen MR) is 93.6 cm³/mol. The molecule has 0 aromatic heterocycles. The summed E-state index contributed by atoms with van der Waals surface area (Å²) in [6, 6.07) is 21.4. The van der Waals surface area contributed by atoms with Gasteiger partial charge in [0.1, 0.15) is 11.4 Å². The van der Waals surface area contributed by atoms with Crippen LogP contribution in [0.4, 0.5) is 11.4 Å². The Kier molecular flexibility index (Phi) is 4.20. The number of phenolic OH excluding ortho intramolecular Hbond substituents is 1. The van der Waals surface area contributed by atoms with Crippen molar-refractivity contribution >= 4 is 11.4 Å². The fraction of sp³-hybridized carbons (Fsp3) is 0.100. The van der Waals surface area contributed by atoms with Crippen LogP contribution in [0.2, 0.25) is 0 Å². The largest absolute Gasteiger partial charge is 0.506 e. The maximum Gasteiger partial charge on any atom is 0.143 e. The van der Waals surface area contributed by atoms with Gasteiger partial charge in [0.2, 0.25) is 0 Å². The first-order chi connectivity index (χ1) is 11.1. The lowest BCUT2D eigenvalue weighted by Crippen LogP contribution is -1.78. The third-order valence-corrected chi connectivity index (χ3v) is 3.70. The quantitative estimate of drug-likeness (QED) is 0.584. The van der Waals surface area contributed by atoms with Gasteiger partial charge < -0.3 is 5.11 Å². The molecule has 0 heterocycles. The molecule has 3 aromatic carbocycles. The Morgan fingerprint density at radius 3 is 2.17 bits per heavy atom. The van der Waals surface area contributed by atoms with Crippen molar-refractivity contribution < 1.29 is 5.11 Å².